The van der Waals surface area contributed by atoms with E-state index >= 15 is 0 Å². The smallest absolute Gasteiger partial charge is 0.303 e. The van der Waals surface area contributed by atoms with E-state index in [9.17, 15) is 4.79 Å². The first-order chi connectivity index (χ1) is 11.3. The largest absolute Gasteiger partial charge is 0.481 e. The molecule has 0 aliphatic rings. The minimum atomic E-state index is -0.670. The summed E-state index contributed by atoms with van der Waals surface area (Å²) in [5.74, 6) is -0.0230. The van der Waals surface area contributed by atoms with Gasteiger partial charge in [-0.3, -0.25) is 4.79 Å². The van der Waals surface area contributed by atoms with E-state index in [1.54, 1.807) is 0 Å². The zero-order valence-electron chi connectivity index (χ0n) is 17.2. The molecule has 1 unspecified atom stereocenters. The minimum absolute atomic E-state index is 0.00339. The Morgan fingerprint density at radius 1 is 0.875 bits per heavy atom. The summed E-state index contributed by atoms with van der Waals surface area (Å²) in [6.45, 7) is 11.0. The Morgan fingerprint density at radius 2 is 1.29 bits per heavy atom. The third kappa shape index (κ3) is 21.4. The highest BCUT2D eigenvalue weighted by Crippen LogP contribution is 2.20. The van der Waals surface area contributed by atoms with Crippen LogP contribution in [0.1, 0.15) is 118 Å². The van der Waals surface area contributed by atoms with Gasteiger partial charge in [-0.05, 0) is 32.6 Å². The second kappa shape index (κ2) is 17.3. The first kappa shape index (κ1) is 25.7. The van der Waals surface area contributed by atoms with E-state index in [2.05, 4.69) is 34.6 Å². The number of nitrogens with two attached hydrogens (primary N) is 1. The molecule has 0 saturated heterocycles. The van der Waals surface area contributed by atoms with Crippen molar-refractivity contribution in [1.82, 2.24) is 0 Å². The van der Waals surface area contributed by atoms with Crippen molar-refractivity contribution in [2.75, 3.05) is 0 Å². The Bertz CT molecular complexity index is 272. The predicted molar refractivity (Wildman–Crippen MR) is 106 cm³/mol. The molecule has 0 heterocycles. The van der Waals surface area contributed by atoms with Gasteiger partial charge in [-0.2, -0.15) is 0 Å². The Morgan fingerprint density at radius 3 is 1.71 bits per heavy atom. The highest BCUT2D eigenvalue weighted by molar-refractivity contribution is 5.66. The molecule has 3 heteroatoms. The lowest BCUT2D eigenvalue weighted by molar-refractivity contribution is -0.137. The molecule has 24 heavy (non-hydrogen) atoms. The third-order valence-electron chi connectivity index (χ3n) is 4.76. The van der Waals surface area contributed by atoms with Crippen LogP contribution in [-0.2, 0) is 4.79 Å². The van der Waals surface area contributed by atoms with Crippen molar-refractivity contribution >= 4 is 5.97 Å². The van der Waals surface area contributed by atoms with Crippen LogP contribution in [0.2, 0.25) is 0 Å². The molecule has 0 rings (SSSR count). The normalized spacial score (nSPS) is 12.4. The Hall–Kier alpha value is -0.570. The van der Waals surface area contributed by atoms with Gasteiger partial charge >= 0.3 is 5.97 Å². The van der Waals surface area contributed by atoms with Crippen LogP contribution in [-0.4, -0.2) is 16.6 Å². The highest BCUT2D eigenvalue weighted by atomic mass is 16.4. The van der Waals surface area contributed by atoms with Crippen LogP contribution in [0.3, 0.4) is 0 Å². The molecule has 0 aromatic carbocycles. The fourth-order valence-electron chi connectivity index (χ4n) is 2.48. The van der Waals surface area contributed by atoms with Crippen molar-refractivity contribution in [2.24, 2.45) is 11.7 Å². The summed E-state index contributed by atoms with van der Waals surface area (Å²) in [5, 5.41) is 8.27. The Labute approximate surface area is 151 Å². The SMILES string of the molecule is CCCCCCCC(=O)O.CCCCCCCCC(C)C(C)(C)N. The molecule has 0 spiro atoms. The molecule has 0 amide bonds. The van der Waals surface area contributed by atoms with Crippen molar-refractivity contribution < 1.29 is 9.90 Å². The molecule has 0 radical (unpaired) electrons. The molecule has 1 atom stereocenters. The van der Waals surface area contributed by atoms with Gasteiger partial charge in [0.05, 0.1) is 0 Å². The van der Waals surface area contributed by atoms with Crippen molar-refractivity contribution in [3.8, 4) is 0 Å². The molecule has 0 saturated carbocycles. The Balaban J connectivity index is 0. The van der Waals surface area contributed by atoms with Crippen molar-refractivity contribution in [3.05, 3.63) is 0 Å². The Kier molecular flexibility index (Phi) is 18.5. The van der Waals surface area contributed by atoms with Crippen LogP contribution in [0, 0.1) is 5.92 Å². The van der Waals surface area contributed by atoms with Gasteiger partial charge in [0.25, 0.3) is 0 Å². The van der Waals surface area contributed by atoms with E-state index in [1.807, 2.05) is 0 Å². The quantitative estimate of drug-likeness (QED) is 0.352. The molecule has 0 aliphatic carbocycles. The lowest BCUT2D eigenvalue weighted by atomic mass is 9.86. The second-order valence-corrected chi connectivity index (χ2v) is 7.84. The maximum absolute atomic E-state index is 10.0. The van der Waals surface area contributed by atoms with Gasteiger partial charge in [0.15, 0.2) is 0 Å². The first-order valence-electron chi connectivity index (χ1n) is 10.3. The average Bonchev–Trinajstić information content (AvgIpc) is 2.49. The lowest BCUT2D eigenvalue weighted by Gasteiger charge is -2.27. The maximum Gasteiger partial charge on any atom is 0.303 e. The van der Waals surface area contributed by atoms with Crippen molar-refractivity contribution in [2.45, 2.75) is 124 Å². The standard InChI is InChI=1S/C13H29N.C8H16O2/c1-5-6-7-8-9-10-11-12(2)13(3,4)14;1-2-3-4-5-6-7-8(9)10/h12H,5-11,14H2,1-4H3;2-7H2,1H3,(H,9,10). The van der Waals surface area contributed by atoms with Crippen LogP contribution in [0.5, 0.6) is 0 Å². The summed E-state index contributed by atoms with van der Waals surface area (Å²) in [6, 6.07) is 0. The fraction of sp³-hybridized carbons (Fsp3) is 0.952. The first-order valence-corrected chi connectivity index (χ1v) is 10.3. The summed E-state index contributed by atoms with van der Waals surface area (Å²) in [5.41, 5.74) is 6.04. The molecule has 0 fully saturated rings. The van der Waals surface area contributed by atoms with Gasteiger partial charge in [-0.1, -0.05) is 85.0 Å². The summed E-state index contributed by atoms with van der Waals surface area (Å²) >= 11 is 0. The van der Waals surface area contributed by atoms with Crippen LogP contribution in [0.15, 0.2) is 0 Å². The number of hydrogen-bond acceptors (Lipinski definition) is 2. The fourth-order valence-corrected chi connectivity index (χ4v) is 2.48. The molecule has 0 bridgehead atoms. The maximum atomic E-state index is 10.0. The summed E-state index contributed by atoms with van der Waals surface area (Å²) in [4.78, 5) is 10.0. The summed E-state index contributed by atoms with van der Waals surface area (Å²) in [6.07, 6.45) is 15.5. The van der Waals surface area contributed by atoms with E-state index in [0.717, 1.165) is 12.8 Å². The minimum Gasteiger partial charge on any atom is -0.481 e. The number of carbonyl (C=O) groups is 1. The number of hydrogen-bond donors (Lipinski definition) is 2. The number of carboxylic acid groups (broad SMARTS) is 1. The van der Waals surface area contributed by atoms with Gasteiger partial charge in [0, 0.05) is 12.0 Å². The van der Waals surface area contributed by atoms with E-state index in [0.29, 0.717) is 12.3 Å². The van der Waals surface area contributed by atoms with Crippen molar-refractivity contribution in [1.29, 1.82) is 0 Å². The number of rotatable bonds is 14. The van der Waals surface area contributed by atoms with Crippen LogP contribution < -0.4 is 5.73 Å². The van der Waals surface area contributed by atoms with Gasteiger partial charge < -0.3 is 10.8 Å². The molecule has 0 aliphatic heterocycles. The highest BCUT2D eigenvalue weighted by Gasteiger charge is 2.19. The summed E-state index contributed by atoms with van der Waals surface area (Å²) in [7, 11) is 0. The lowest BCUT2D eigenvalue weighted by Crippen LogP contribution is -2.39. The molecule has 146 valence electrons. The van der Waals surface area contributed by atoms with Gasteiger partial charge in [-0.25, -0.2) is 0 Å². The van der Waals surface area contributed by atoms with Gasteiger partial charge in [-0.15, -0.1) is 0 Å². The molecule has 3 N–H and O–H groups in total. The average molecular weight is 344 g/mol. The predicted octanol–water partition coefficient (Wildman–Crippen LogP) is 6.54. The molecule has 0 aromatic heterocycles. The van der Waals surface area contributed by atoms with Crippen LogP contribution in [0.4, 0.5) is 0 Å². The zero-order chi connectivity index (χ0) is 18.8. The number of aliphatic carboxylic acids is 1. The molecular formula is C21H45NO2. The van der Waals surface area contributed by atoms with E-state index in [4.69, 9.17) is 10.8 Å². The van der Waals surface area contributed by atoms with Crippen molar-refractivity contribution in [3.63, 3.8) is 0 Å². The monoisotopic (exact) mass is 343 g/mol. The van der Waals surface area contributed by atoms with E-state index in [-0.39, 0.29) is 5.54 Å². The number of unbranched alkanes of at least 4 members (excludes halogenated alkanes) is 9. The summed E-state index contributed by atoms with van der Waals surface area (Å²) < 4.78 is 0. The third-order valence-corrected chi connectivity index (χ3v) is 4.76. The van der Waals surface area contributed by atoms with Gasteiger partial charge in [0.2, 0.25) is 0 Å². The zero-order valence-corrected chi connectivity index (χ0v) is 17.2. The van der Waals surface area contributed by atoms with Crippen LogP contribution >= 0.6 is 0 Å². The molecular weight excluding hydrogens is 298 g/mol. The topological polar surface area (TPSA) is 63.3 Å². The van der Waals surface area contributed by atoms with Crippen LogP contribution in [0.25, 0.3) is 0 Å². The second-order valence-electron chi connectivity index (χ2n) is 7.84. The molecule has 3 nitrogen and oxygen atoms in total. The number of carboxylic acids is 1. The van der Waals surface area contributed by atoms with E-state index in [1.165, 1.54) is 64.2 Å². The van der Waals surface area contributed by atoms with E-state index < -0.39 is 5.97 Å². The van der Waals surface area contributed by atoms with Gasteiger partial charge in [0.1, 0.15) is 0 Å². The molecule has 0 aromatic rings.